The number of hydrogen-bond donors (Lipinski definition) is 2. The quantitative estimate of drug-likeness (QED) is 0.749. The summed E-state index contributed by atoms with van der Waals surface area (Å²) in [7, 11) is 0. The number of imidazole rings is 1. The van der Waals surface area contributed by atoms with Crippen LogP contribution >= 0.6 is 0 Å². The number of amides is 1. The van der Waals surface area contributed by atoms with Crippen LogP contribution in [0.2, 0.25) is 0 Å². The number of carboxylic acid groups (broad SMARTS) is 1. The molecule has 124 valence electrons. The zero-order valence-electron chi connectivity index (χ0n) is 13.4. The normalized spacial score (nSPS) is 11.6. The van der Waals surface area contributed by atoms with E-state index in [4.69, 9.17) is 4.74 Å². The van der Waals surface area contributed by atoms with E-state index in [-0.39, 0.29) is 11.5 Å². The fourth-order valence-electron chi connectivity index (χ4n) is 2.25. The molecule has 3 aromatic rings. The minimum Gasteiger partial charge on any atom is -0.476 e. The van der Waals surface area contributed by atoms with Crippen molar-refractivity contribution in [2.24, 2.45) is 0 Å². The Morgan fingerprint density at radius 3 is 2.58 bits per heavy atom. The number of aromatic nitrogens is 3. The number of anilines is 1. The van der Waals surface area contributed by atoms with Gasteiger partial charge in [0.15, 0.2) is 17.2 Å². The van der Waals surface area contributed by atoms with E-state index < -0.39 is 17.7 Å². The van der Waals surface area contributed by atoms with Crippen molar-refractivity contribution < 1.29 is 19.4 Å². The second kappa shape index (κ2) is 5.48. The second-order valence-electron chi connectivity index (χ2n) is 6.20. The van der Waals surface area contributed by atoms with Crippen molar-refractivity contribution in [3.8, 4) is 0 Å². The van der Waals surface area contributed by atoms with Crippen LogP contribution in [-0.4, -0.2) is 37.1 Å². The summed E-state index contributed by atoms with van der Waals surface area (Å²) in [6, 6.07) is 7.23. The minimum atomic E-state index is -1.21. The molecule has 8 nitrogen and oxygen atoms in total. The van der Waals surface area contributed by atoms with Gasteiger partial charge in [0.05, 0.1) is 11.0 Å². The number of aromatic carboxylic acids is 1. The topological polar surface area (TPSA) is 106 Å². The Morgan fingerprint density at radius 2 is 1.92 bits per heavy atom. The molecule has 0 bridgehead atoms. The standard InChI is InChI=1S/C16H16N4O4/c1-16(2,3)24-15(23)19-12-13-18-9-6-4-5-7-11(9)20(13)8-10(17-12)14(21)22/h4-8H,1-3H3,(H,21,22)(H,17,19,23). The van der Waals surface area contributed by atoms with Crippen LogP contribution in [0.15, 0.2) is 30.5 Å². The number of ether oxygens (including phenoxy) is 1. The zero-order chi connectivity index (χ0) is 17.5. The maximum absolute atomic E-state index is 12.0. The van der Waals surface area contributed by atoms with Gasteiger partial charge in [-0.15, -0.1) is 0 Å². The van der Waals surface area contributed by atoms with Crippen LogP contribution < -0.4 is 5.32 Å². The number of nitrogens with one attached hydrogen (secondary N) is 1. The molecule has 1 amide bonds. The largest absolute Gasteiger partial charge is 0.476 e. The summed E-state index contributed by atoms with van der Waals surface area (Å²) in [5.74, 6) is -1.18. The number of rotatable bonds is 2. The van der Waals surface area contributed by atoms with Crippen LogP contribution in [0.3, 0.4) is 0 Å². The van der Waals surface area contributed by atoms with Gasteiger partial charge < -0.3 is 9.84 Å². The number of benzene rings is 1. The van der Waals surface area contributed by atoms with E-state index >= 15 is 0 Å². The molecule has 3 rings (SSSR count). The van der Waals surface area contributed by atoms with Gasteiger partial charge in [0, 0.05) is 6.20 Å². The zero-order valence-corrected chi connectivity index (χ0v) is 13.4. The summed E-state index contributed by atoms with van der Waals surface area (Å²) in [5.41, 5.74) is 0.813. The Morgan fingerprint density at radius 1 is 1.21 bits per heavy atom. The van der Waals surface area contributed by atoms with Gasteiger partial charge in [0.2, 0.25) is 0 Å². The lowest BCUT2D eigenvalue weighted by Crippen LogP contribution is -2.28. The van der Waals surface area contributed by atoms with Crippen molar-refractivity contribution in [1.82, 2.24) is 14.4 Å². The Bertz CT molecular complexity index is 956. The number of hydrogen-bond acceptors (Lipinski definition) is 5. The molecule has 0 saturated heterocycles. The molecule has 2 aromatic heterocycles. The third-order valence-electron chi connectivity index (χ3n) is 3.13. The number of carbonyl (C=O) groups excluding carboxylic acids is 1. The number of para-hydroxylation sites is 2. The van der Waals surface area contributed by atoms with Crippen molar-refractivity contribution in [3.63, 3.8) is 0 Å². The molecule has 0 aliphatic carbocycles. The number of carboxylic acids is 1. The molecule has 2 heterocycles. The highest BCUT2D eigenvalue weighted by Gasteiger charge is 2.20. The van der Waals surface area contributed by atoms with Crippen molar-refractivity contribution in [2.45, 2.75) is 26.4 Å². The molecule has 0 atom stereocenters. The fourth-order valence-corrected chi connectivity index (χ4v) is 2.25. The molecule has 0 spiro atoms. The second-order valence-corrected chi connectivity index (χ2v) is 6.20. The molecular weight excluding hydrogens is 312 g/mol. The van der Waals surface area contributed by atoms with Crippen LogP contribution in [0.25, 0.3) is 16.7 Å². The molecule has 0 radical (unpaired) electrons. The monoisotopic (exact) mass is 328 g/mol. The summed E-state index contributed by atoms with van der Waals surface area (Å²) in [5, 5.41) is 11.7. The highest BCUT2D eigenvalue weighted by molar-refractivity contribution is 5.94. The van der Waals surface area contributed by atoms with E-state index in [0.717, 1.165) is 0 Å². The smallest absolute Gasteiger partial charge is 0.413 e. The van der Waals surface area contributed by atoms with Gasteiger partial charge in [0.25, 0.3) is 0 Å². The average molecular weight is 328 g/mol. The van der Waals surface area contributed by atoms with Crippen molar-refractivity contribution in [3.05, 3.63) is 36.2 Å². The molecule has 0 saturated carbocycles. The van der Waals surface area contributed by atoms with E-state index in [1.807, 2.05) is 12.1 Å². The SMILES string of the molecule is CC(C)(C)OC(=O)Nc1nc(C(=O)O)cn2c1nc1ccccc12. The highest BCUT2D eigenvalue weighted by Crippen LogP contribution is 2.22. The lowest BCUT2D eigenvalue weighted by atomic mass is 10.2. The lowest BCUT2D eigenvalue weighted by molar-refractivity contribution is 0.0631. The average Bonchev–Trinajstić information content (AvgIpc) is 2.84. The van der Waals surface area contributed by atoms with Gasteiger partial charge in [-0.25, -0.2) is 19.6 Å². The van der Waals surface area contributed by atoms with Gasteiger partial charge in [-0.3, -0.25) is 9.72 Å². The number of nitrogens with zero attached hydrogens (tertiary/aromatic N) is 3. The third-order valence-corrected chi connectivity index (χ3v) is 3.13. The van der Waals surface area contributed by atoms with Crippen LogP contribution in [-0.2, 0) is 4.74 Å². The first-order valence-electron chi connectivity index (χ1n) is 7.26. The van der Waals surface area contributed by atoms with E-state index in [1.165, 1.54) is 6.20 Å². The maximum atomic E-state index is 12.0. The number of fused-ring (bicyclic) bond motifs is 3. The summed E-state index contributed by atoms with van der Waals surface area (Å²) < 4.78 is 6.77. The minimum absolute atomic E-state index is 0.0281. The molecule has 0 aliphatic rings. The predicted molar refractivity (Wildman–Crippen MR) is 87.3 cm³/mol. The molecule has 24 heavy (non-hydrogen) atoms. The predicted octanol–water partition coefficient (Wildman–Crippen LogP) is 2.93. The molecule has 0 unspecified atom stereocenters. The first kappa shape index (κ1) is 15.7. The summed E-state index contributed by atoms with van der Waals surface area (Å²) in [6.07, 6.45) is 0.638. The van der Waals surface area contributed by atoms with Gasteiger partial charge in [0.1, 0.15) is 5.60 Å². The molecule has 2 N–H and O–H groups in total. The van der Waals surface area contributed by atoms with Crippen molar-refractivity contribution in [2.75, 3.05) is 5.32 Å². The Labute approximate surface area is 137 Å². The van der Waals surface area contributed by atoms with Crippen LogP contribution in [0.4, 0.5) is 10.6 Å². The summed E-state index contributed by atoms with van der Waals surface area (Å²) in [6.45, 7) is 5.19. The molecular formula is C16H16N4O4. The maximum Gasteiger partial charge on any atom is 0.413 e. The van der Waals surface area contributed by atoms with E-state index in [0.29, 0.717) is 16.7 Å². The van der Waals surface area contributed by atoms with Gasteiger partial charge in [-0.1, -0.05) is 12.1 Å². The Hall–Kier alpha value is -3.16. The first-order valence-corrected chi connectivity index (χ1v) is 7.26. The number of carbonyl (C=O) groups is 2. The Balaban J connectivity index is 2.14. The molecule has 0 fully saturated rings. The van der Waals surface area contributed by atoms with Crippen LogP contribution in [0, 0.1) is 0 Å². The van der Waals surface area contributed by atoms with Crippen molar-refractivity contribution in [1.29, 1.82) is 0 Å². The van der Waals surface area contributed by atoms with Gasteiger partial charge in [-0.05, 0) is 32.9 Å². The fraction of sp³-hybridized carbons (Fsp3) is 0.250. The van der Waals surface area contributed by atoms with E-state index in [2.05, 4.69) is 15.3 Å². The van der Waals surface area contributed by atoms with Crippen LogP contribution in [0.5, 0.6) is 0 Å². The van der Waals surface area contributed by atoms with Gasteiger partial charge in [-0.2, -0.15) is 0 Å². The highest BCUT2D eigenvalue weighted by atomic mass is 16.6. The third kappa shape index (κ3) is 2.98. The van der Waals surface area contributed by atoms with Gasteiger partial charge >= 0.3 is 12.1 Å². The summed E-state index contributed by atoms with van der Waals surface area (Å²) in [4.78, 5) is 31.7. The Kier molecular flexibility index (Phi) is 3.59. The lowest BCUT2D eigenvalue weighted by Gasteiger charge is -2.19. The van der Waals surface area contributed by atoms with Crippen molar-refractivity contribution >= 4 is 34.6 Å². The van der Waals surface area contributed by atoms with E-state index in [1.54, 1.807) is 37.3 Å². The van der Waals surface area contributed by atoms with Crippen LogP contribution in [0.1, 0.15) is 31.3 Å². The molecule has 1 aromatic carbocycles. The first-order chi connectivity index (χ1) is 11.2. The molecule has 0 aliphatic heterocycles. The summed E-state index contributed by atoms with van der Waals surface area (Å²) >= 11 is 0. The molecule has 8 heteroatoms. The van der Waals surface area contributed by atoms with E-state index in [9.17, 15) is 14.7 Å².